The smallest absolute Gasteiger partial charge is 0.227 e. The third-order valence-electron chi connectivity index (χ3n) is 4.79. The summed E-state index contributed by atoms with van der Waals surface area (Å²) in [6.07, 6.45) is 3.69. The molecule has 0 spiro atoms. The zero-order valence-electron chi connectivity index (χ0n) is 17.0. The predicted molar refractivity (Wildman–Crippen MR) is 110 cm³/mol. The minimum Gasteiger partial charge on any atom is -0.352 e. The number of halogens is 1. The van der Waals surface area contributed by atoms with Crippen LogP contribution >= 0.6 is 0 Å². The molecule has 0 fully saturated rings. The lowest BCUT2D eigenvalue weighted by Gasteiger charge is -2.06. The molecule has 2 aromatic carbocycles. The lowest BCUT2D eigenvalue weighted by atomic mass is 10.1. The molecule has 0 aliphatic heterocycles. The molecule has 0 saturated heterocycles. The number of hydrogen-bond donors (Lipinski definition) is 1. The lowest BCUT2D eigenvalue weighted by molar-refractivity contribution is -0.121. The van der Waals surface area contributed by atoms with Gasteiger partial charge in [-0.25, -0.2) is 14.1 Å². The monoisotopic (exact) mass is 420 g/mol. The Kier molecular flexibility index (Phi) is 6.11. The number of benzene rings is 2. The van der Waals surface area contributed by atoms with Crippen LogP contribution < -0.4 is 5.32 Å². The van der Waals surface area contributed by atoms with E-state index in [4.69, 9.17) is 4.52 Å². The van der Waals surface area contributed by atoms with Gasteiger partial charge in [0.2, 0.25) is 17.6 Å². The maximum atomic E-state index is 13.7. The SMILES string of the molecule is Cc1ccc(-c2noc(CCC(=O)NCc3ccc(Cn4cncn4)cc3)n2)cc1F. The Hall–Kier alpha value is -3.88. The molecule has 1 amide bonds. The van der Waals surface area contributed by atoms with E-state index in [1.807, 2.05) is 24.3 Å². The van der Waals surface area contributed by atoms with E-state index in [2.05, 4.69) is 25.5 Å². The van der Waals surface area contributed by atoms with Gasteiger partial charge in [-0.15, -0.1) is 0 Å². The van der Waals surface area contributed by atoms with E-state index in [1.165, 1.54) is 12.4 Å². The zero-order chi connectivity index (χ0) is 21.6. The number of rotatable bonds is 8. The fourth-order valence-corrected chi connectivity index (χ4v) is 2.98. The molecule has 1 N–H and O–H groups in total. The van der Waals surface area contributed by atoms with Crippen LogP contribution in [0.2, 0.25) is 0 Å². The summed E-state index contributed by atoms with van der Waals surface area (Å²) in [5.41, 5.74) is 3.18. The van der Waals surface area contributed by atoms with Crippen LogP contribution in [-0.4, -0.2) is 30.8 Å². The van der Waals surface area contributed by atoms with Gasteiger partial charge in [-0.1, -0.05) is 41.6 Å². The van der Waals surface area contributed by atoms with Crippen molar-refractivity contribution in [3.05, 3.63) is 83.5 Å². The second-order valence-corrected chi connectivity index (χ2v) is 7.16. The standard InChI is InChI=1S/C22H21FN6O2/c1-15-2-7-18(10-19(15)23)22-27-21(31-28-22)9-8-20(30)25-11-16-3-5-17(6-4-16)12-29-14-24-13-26-29/h2-7,10,13-14H,8-9,11-12H2,1H3,(H,25,30). The van der Waals surface area contributed by atoms with Crippen molar-refractivity contribution >= 4 is 5.91 Å². The number of aryl methyl sites for hydroxylation is 2. The normalized spacial score (nSPS) is 10.9. The molecule has 9 heteroatoms. The molecule has 31 heavy (non-hydrogen) atoms. The highest BCUT2D eigenvalue weighted by atomic mass is 19.1. The summed E-state index contributed by atoms with van der Waals surface area (Å²) in [4.78, 5) is 20.3. The summed E-state index contributed by atoms with van der Waals surface area (Å²) in [6, 6.07) is 12.7. The van der Waals surface area contributed by atoms with E-state index >= 15 is 0 Å². The molecule has 0 aliphatic rings. The number of nitrogens with zero attached hydrogens (tertiary/aromatic N) is 5. The van der Waals surface area contributed by atoms with Crippen LogP contribution in [0.25, 0.3) is 11.4 Å². The van der Waals surface area contributed by atoms with Crippen LogP contribution in [0.3, 0.4) is 0 Å². The minimum absolute atomic E-state index is 0.118. The summed E-state index contributed by atoms with van der Waals surface area (Å²) in [7, 11) is 0. The molecule has 2 aromatic heterocycles. The van der Waals surface area contributed by atoms with Gasteiger partial charge in [0, 0.05) is 24.9 Å². The van der Waals surface area contributed by atoms with E-state index in [1.54, 1.807) is 30.1 Å². The van der Waals surface area contributed by atoms with Gasteiger partial charge in [-0.05, 0) is 29.7 Å². The molecule has 0 radical (unpaired) electrons. The Morgan fingerprint density at radius 3 is 2.71 bits per heavy atom. The van der Waals surface area contributed by atoms with Gasteiger partial charge < -0.3 is 9.84 Å². The van der Waals surface area contributed by atoms with Gasteiger partial charge in [-0.3, -0.25) is 4.79 Å². The summed E-state index contributed by atoms with van der Waals surface area (Å²) in [6.45, 7) is 2.76. The van der Waals surface area contributed by atoms with Crippen LogP contribution in [0.5, 0.6) is 0 Å². The highest BCUT2D eigenvalue weighted by Gasteiger charge is 2.12. The van der Waals surface area contributed by atoms with Crippen LogP contribution in [0.15, 0.2) is 59.6 Å². The van der Waals surface area contributed by atoms with Crippen LogP contribution in [0.1, 0.15) is 29.0 Å². The van der Waals surface area contributed by atoms with Crippen molar-refractivity contribution in [2.24, 2.45) is 0 Å². The molecule has 158 valence electrons. The quantitative estimate of drug-likeness (QED) is 0.470. The highest BCUT2D eigenvalue weighted by molar-refractivity contribution is 5.76. The van der Waals surface area contributed by atoms with E-state index in [9.17, 15) is 9.18 Å². The Bertz CT molecular complexity index is 1160. The predicted octanol–water partition coefficient (Wildman–Crippen LogP) is 3.07. The third-order valence-corrected chi connectivity index (χ3v) is 4.79. The van der Waals surface area contributed by atoms with Gasteiger partial charge in [0.05, 0.1) is 6.54 Å². The fourth-order valence-electron chi connectivity index (χ4n) is 2.98. The topological polar surface area (TPSA) is 98.7 Å². The van der Waals surface area contributed by atoms with Crippen LogP contribution in [-0.2, 0) is 24.3 Å². The summed E-state index contributed by atoms with van der Waals surface area (Å²) >= 11 is 0. The van der Waals surface area contributed by atoms with Crippen molar-refractivity contribution in [3.63, 3.8) is 0 Å². The Labute approximate surface area is 178 Å². The maximum Gasteiger partial charge on any atom is 0.227 e. The Morgan fingerprint density at radius 1 is 1.16 bits per heavy atom. The van der Waals surface area contributed by atoms with Crippen molar-refractivity contribution < 1.29 is 13.7 Å². The molecule has 4 rings (SSSR count). The minimum atomic E-state index is -0.324. The summed E-state index contributed by atoms with van der Waals surface area (Å²) < 4.78 is 20.6. The molecule has 0 atom stereocenters. The molecule has 0 saturated carbocycles. The van der Waals surface area contributed by atoms with Gasteiger partial charge in [-0.2, -0.15) is 10.1 Å². The number of amides is 1. The first-order chi connectivity index (χ1) is 15.1. The average molecular weight is 420 g/mol. The second-order valence-electron chi connectivity index (χ2n) is 7.16. The first-order valence-electron chi connectivity index (χ1n) is 9.83. The van der Waals surface area contributed by atoms with E-state index in [-0.39, 0.29) is 18.1 Å². The molecule has 4 aromatic rings. The molecule has 0 aliphatic carbocycles. The molecule has 8 nitrogen and oxygen atoms in total. The lowest BCUT2D eigenvalue weighted by Crippen LogP contribution is -2.23. The number of aromatic nitrogens is 5. The van der Waals surface area contributed by atoms with E-state index < -0.39 is 0 Å². The van der Waals surface area contributed by atoms with Crippen molar-refractivity contribution in [2.75, 3.05) is 0 Å². The molecule has 0 unspecified atom stereocenters. The maximum absolute atomic E-state index is 13.7. The molecular weight excluding hydrogens is 399 g/mol. The zero-order valence-corrected chi connectivity index (χ0v) is 17.0. The fraction of sp³-hybridized carbons (Fsp3) is 0.227. The molecular formula is C22H21FN6O2. The average Bonchev–Trinajstić information content (AvgIpc) is 3.46. The first kappa shape index (κ1) is 20.4. The van der Waals surface area contributed by atoms with Crippen molar-refractivity contribution in [1.82, 2.24) is 30.2 Å². The van der Waals surface area contributed by atoms with Gasteiger partial charge in [0.1, 0.15) is 18.5 Å². The molecule has 0 bridgehead atoms. The van der Waals surface area contributed by atoms with Gasteiger partial charge in [0.25, 0.3) is 0 Å². The van der Waals surface area contributed by atoms with Crippen molar-refractivity contribution in [2.45, 2.75) is 32.9 Å². The van der Waals surface area contributed by atoms with Crippen molar-refractivity contribution in [1.29, 1.82) is 0 Å². The first-order valence-corrected chi connectivity index (χ1v) is 9.83. The molecule has 2 heterocycles. The number of hydrogen-bond acceptors (Lipinski definition) is 6. The number of nitrogens with one attached hydrogen (secondary N) is 1. The van der Waals surface area contributed by atoms with E-state index in [0.717, 1.165) is 11.1 Å². The summed E-state index contributed by atoms with van der Waals surface area (Å²) in [5.74, 6) is 0.200. The highest BCUT2D eigenvalue weighted by Crippen LogP contribution is 2.19. The third kappa shape index (κ3) is 5.39. The Morgan fingerprint density at radius 2 is 1.97 bits per heavy atom. The van der Waals surface area contributed by atoms with Gasteiger partial charge in [0.15, 0.2) is 0 Å². The van der Waals surface area contributed by atoms with Gasteiger partial charge >= 0.3 is 0 Å². The number of carbonyl (C=O) groups is 1. The van der Waals surface area contributed by atoms with E-state index in [0.29, 0.717) is 42.4 Å². The van der Waals surface area contributed by atoms with Crippen LogP contribution in [0.4, 0.5) is 4.39 Å². The largest absolute Gasteiger partial charge is 0.352 e. The number of carbonyl (C=O) groups excluding carboxylic acids is 1. The Balaban J connectivity index is 1.24. The summed E-state index contributed by atoms with van der Waals surface area (Å²) in [5, 5.41) is 10.8. The van der Waals surface area contributed by atoms with Crippen molar-refractivity contribution in [3.8, 4) is 11.4 Å². The second kappa shape index (κ2) is 9.29. The van der Waals surface area contributed by atoms with Crippen LogP contribution in [0, 0.1) is 12.7 Å².